The molecule has 0 saturated heterocycles. The zero-order valence-electron chi connectivity index (χ0n) is 40.4. The Kier molecular flexibility index (Phi) is 42.1. The molecule has 0 bridgehead atoms. The molecule has 0 aliphatic heterocycles. The Balaban J connectivity index is 4.34. The van der Waals surface area contributed by atoms with Gasteiger partial charge in [0.1, 0.15) is 13.2 Å². The van der Waals surface area contributed by atoms with Crippen LogP contribution in [0.4, 0.5) is 0 Å². The van der Waals surface area contributed by atoms with Crippen molar-refractivity contribution in [2.24, 2.45) is 0 Å². The third-order valence-corrected chi connectivity index (χ3v) is 9.85. The van der Waals surface area contributed by atoms with Crippen LogP contribution < -0.4 is 5.11 Å². The standard InChI is InChI=1S/C54H89NO8/c1-6-8-10-12-14-16-17-18-19-20-21-22-23-24-25-26-27-28-29-30-31-32-33-34-35-37-39-41-43-45-52(57)63-50(49-62-54(53(58)59)60-47-46-55(3,4)5)48-61-51(56)44-42-40-38-36-15-13-11-9-7-2/h8,10,14,16,18-19,21-22,24-25,27-28,30-31,33-34,50,54H,6-7,9,11-13,15,17,20,23,26,29,32,35-49H2,1-5H3/b10-8-,16-14-,19-18-,22-21-,25-24-,28-27-,31-30-,34-33-. The monoisotopic (exact) mass is 880 g/mol. The van der Waals surface area contributed by atoms with Gasteiger partial charge in [0.05, 0.1) is 40.3 Å². The van der Waals surface area contributed by atoms with E-state index in [4.69, 9.17) is 18.9 Å². The first-order valence-electron chi connectivity index (χ1n) is 24.4. The van der Waals surface area contributed by atoms with Crippen molar-refractivity contribution >= 4 is 17.9 Å². The van der Waals surface area contributed by atoms with Crippen LogP contribution in [0.1, 0.15) is 168 Å². The molecule has 0 amide bonds. The summed E-state index contributed by atoms with van der Waals surface area (Å²) in [5.74, 6) is -2.34. The lowest BCUT2D eigenvalue weighted by Gasteiger charge is -2.26. The number of nitrogens with zero attached hydrogens (tertiary/aromatic N) is 1. The number of hydrogen-bond donors (Lipinski definition) is 0. The smallest absolute Gasteiger partial charge is 0.306 e. The third kappa shape index (κ3) is 46.0. The summed E-state index contributed by atoms with van der Waals surface area (Å²) in [6.45, 7) is 4.54. The molecule has 0 radical (unpaired) electrons. The normalized spacial score (nSPS) is 13.7. The maximum absolute atomic E-state index is 12.8. The summed E-state index contributed by atoms with van der Waals surface area (Å²) in [6, 6.07) is 0. The molecule has 0 saturated carbocycles. The lowest BCUT2D eigenvalue weighted by molar-refractivity contribution is -0.870. The molecule has 0 heterocycles. The summed E-state index contributed by atoms with van der Waals surface area (Å²) < 4.78 is 22.5. The van der Waals surface area contributed by atoms with E-state index >= 15 is 0 Å². The number of quaternary nitrogens is 1. The molecule has 2 unspecified atom stereocenters. The Hall–Kier alpha value is -3.79. The van der Waals surface area contributed by atoms with Crippen molar-refractivity contribution in [1.82, 2.24) is 0 Å². The summed E-state index contributed by atoms with van der Waals surface area (Å²) in [5.41, 5.74) is 0. The fourth-order valence-electron chi connectivity index (χ4n) is 6.08. The van der Waals surface area contributed by atoms with Crippen LogP contribution in [0.2, 0.25) is 0 Å². The zero-order chi connectivity index (χ0) is 46.3. The number of rotatable bonds is 43. The molecule has 0 aromatic rings. The molecule has 2 atom stereocenters. The molecule has 0 aromatic carbocycles. The Morgan fingerprint density at radius 3 is 1.35 bits per heavy atom. The van der Waals surface area contributed by atoms with E-state index in [-0.39, 0.29) is 38.6 Å². The van der Waals surface area contributed by atoms with E-state index in [1.807, 2.05) is 21.1 Å². The maximum atomic E-state index is 12.8. The van der Waals surface area contributed by atoms with E-state index in [9.17, 15) is 19.5 Å². The van der Waals surface area contributed by atoms with Gasteiger partial charge >= 0.3 is 11.9 Å². The SMILES string of the molecule is CC/C=C\C/C=C\C/C=C\C/C=C\C/C=C\C/C=C\C/C=C\C/C=C\CCCCCCC(=O)OC(COC(=O)CCCCCCCCCCC)COC(OCC[N+](C)(C)C)C(=O)[O-]. The zero-order valence-corrected chi connectivity index (χ0v) is 40.4. The number of likely N-dealkylation sites (N-methyl/N-ethyl adjacent to an activating group) is 1. The van der Waals surface area contributed by atoms with Crippen LogP contribution in [0.3, 0.4) is 0 Å². The molecule has 63 heavy (non-hydrogen) atoms. The van der Waals surface area contributed by atoms with Crippen molar-refractivity contribution < 1.29 is 42.9 Å². The Labute approximate surface area is 384 Å². The number of carboxylic acids is 1. The van der Waals surface area contributed by atoms with Gasteiger partial charge in [-0.05, 0) is 77.0 Å². The van der Waals surface area contributed by atoms with Crippen LogP contribution in [-0.2, 0) is 33.3 Å². The van der Waals surface area contributed by atoms with Gasteiger partial charge in [0.25, 0.3) is 0 Å². The summed E-state index contributed by atoms with van der Waals surface area (Å²) >= 11 is 0. The molecule has 9 nitrogen and oxygen atoms in total. The minimum atomic E-state index is -1.63. The highest BCUT2D eigenvalue weighted by Crippen LogP contribution is 2.13. The van der Waals surface area contributed by atoms with Crippen LogP contribution in [0.15, 0.2) is 97.2 Å². The predicted molar refractivity (Wildman–Crippen MR) is 260 cm³/mol. The molecule has 0 fully saturated rings. The van der Waals surface area contributed by atoms with E-state index in [1.165, 1.54) is 38.5 Å². The Morgan fingerprint density at radius 1 is 0.492 bits per heavy atom. The first kappa shape index (κ1) is 59.2. The van der Waals surface area contributed by atoms with Crippen LogP contribution in [0.25, 0.3) is 0 Å². The molecule has 0 rings (SSSR count). The van der Waals surface area contributed by atoms with Gasteiger partial charge in [0.15, 0.2) is 12.4 Å². The molecule has 0 N–H and O–H groups in total. The summed E-state index contributed by atoms with van der Waals surface area (Å²) in [5, 5.41) is 11.7. The lowest BCUT2D eigenvalue weighted by Crippen LogP contribution is -2.44. The van der Waals surface area contributed by atoms with Crippen molar-refractivity contribution in [2.75, 3.05) is 47.5 Å². The molecule has 0 aliphatic carbocycles. The van der Waals surface area contributed by atoms with Gasteiger partial charge in [-0.3, -0.25) is 9.59 Å². The number of carbonyl (C=O) groups excluding carboxylic acids is 3. The first-order valence-corrected chi connectivity index (χ1v) is 24.4. The summed E-state index contributed by atoms with van der Waals surface area (Å²) in [7, 11) is 5.89. The maximum Gasteiger partial charge on any atom is 0.306 e. The van der Waals surface area contributed by atoms with Crippen LogP contribution in [-0.4, -0.2) is 82.3 Å². The van der Waals surface area contributed by atoms with E-state index in [0.29, 0.717) is 17.4 Å². The second-order valence-corrected chi connectivity index (χ2v) is 17.0. The van der Waals surface area contributed by atoms with E-state index in [0.717, 1.165) is 96.3 Å². The van der Waals surface area contributed by atoms with Gasteiger partial charge in [0.2, 0.25) is 0 Å². The lowest BCUT2D eigenvalue weighted by atomic mass is 10.1. The molecule has 0 aliphatic rings. The fraction of sp³-hybridized carbons (Fsp3) is 0.648. The van der Waals surface area contributed by atoms with Crippen molar-refractivity contribution in [1.29, 1.82) is 0 Å². The number of allylic oxidation sites excluding steroid dienone is 16. The van der Waals surface area contributed by atoms with Crippen molar-refractivity contribution in [3.8, 4) is 0 Å². The highest BCUT2D eigenvalue weighted by molar-refractivity contribution is 5.70. The summed E-state index contributed by atoms with van der Waals surface area (Å²) in [6.07, 6.45) is 56.0. The number of unbranched alkanes of at least 4 members (excludes halogenated alkanes) is 12. The fourth-order valence-corrected chi connectivity index (χ4v) is 6.08. The average molecular weight is 880 g/mol. The molecule has 0 spiro atoms. The second-order valence-electron chi connectivity index (χ2n) is 17.0. The molecular weight excluding hydrogens is 791 g/mol. The number of carbonyl (C=O) groups is 3. The minimum absolute atomic E-state index is 0.138. The van der Waals surface area contributed by atoms with Crippen molar-refractivity contribution in [2.45, 2.75) is 180 Å². The number of hydrogen-bond acceptors (Lipinski definition) is 8. The largest absolute Gasteiger partial charge is 0.545 e. The predicted octanol–water partition coefficient (Wildman–Crippen LogP) is 12.1. The van der Waals surface area contributed by atoms with Crippen LogP contribution >= 0.6 is 0 Å². The van der Waals surface area contributed by atoms with E-state index in [2.05, 4.69) is 111 Å². The van der Waals surface area contributed by atoms with Gasteiger partial charge in [-0.25, -0.2) is 0 Å². The van der Waals surface area contributed by atoms with Crippen LogP contribution in [0.5, 0.6) is 0 Å². The number of aliphatic carboxylic acids is 1. The topological polar surface area (TPSA) is 111 Å². The van der Waals surface area contributed by atoms with Gasteiger partial charge in [-0.15, -0.1) is 0 Å². The number of ether oxygens (including phenoxy) is 4. The van der Waals surface area contributed by atoms with E-state index < -0.39 is 24.3 Å². The third-order valence-electron chi connectivity index (χ3n) is 9.85. The molecular formula is C54H89NO8. The van der Waals surface area contributed by atoms with Crippen molar-refractivity contribution in [3.63, 3.8) is 0 Å². The quantitative estimate of drug-likeness (QED) is 0.0196. The highest BCUT2D eigenvalue weighted by atomic mass is 16.7. The summed E-state index contributed by atoms with van der Waals surface area (Å²) in [4.78, 5) is 36.9. The Bertz CT molecular complexity index is 1350. The minimum Gasteiger partial charge on any atom is -0.545 e. The van der Waals surface area contributed by atoms with Gasteiger partial charge in [-0.1, -0.05) is 175 Å². The van der Waals surface area contributed by atoms with Gasteiger partial charge < -0.3 is 33.3 Å². The van der Waals surface area contributed by atoms with Crippen LogP contribution in [0, 0.1) is 0 Å². The number of carboxylic acid groups (broad SMARTS) is 1. The second kappa shape index (κ2) is 44.8. The van der Waals surface area contributed by atoms with Crippen molar-refractivity contribution in [3.05, 3.63) is 97.2 Å². The molecule has 0 aromatic heterocycles. The highest BCUT2D eigenvalue weighted by Gasteiger charge is 2.21. The van der Waals surface area contributed by atoms with Gasteiger partial charge in [0, 0.05) is 12.8 Å². The first-order chi connectivity index (χ1) is 30.6. The molecule has 9 heteroatoms. The average Bonchev–Trinajstić information content (AvgIpc) is 3.24. The molecule has 358 valence electrons. The number of esters is 2. The van der Waals surface area contributed by atoms with E-state index in [1.54, 1.807) is 0 Å². The Morgan fingerprint density at radius 2 is 0.905 bits per heavy atom. The van der Waals surface area contributed by atoms with Gasteiger partial charge in [-0.2, -0.15) is 0 Å².